The highest BCUT2D eigenvalue weighted by Crippen LogP contribution is 2.24. The fourth-order valence-electron chi connectivity index (χ4n) is 3.42. The van der Waals surface area contributed by atoms with Gasteiger partial charge >= 0.3 is 5.63 Å². The summed E-state index contributed by atoms with van der Waals surface area (Å²) in [5, 5.41) is 3.68. The molecule has 0 aliphatic carbocycles. The second-order valence-electron chi connectivity index (χ2n) is 7.12. The maximum Gasteiger partial charge on any atom is 0.339 e. The lowest BCUT2D eigenvalue weighted by atomic mass is 10.0. The summed E-state index contributed by atoms with van der Waals surface area (Å²) in [4.78, 5) is 24.7. The Morgan fingerprint density at radius 3 is 2.72 bits per heavy atom. The van der Waals surface area contributed by atoms with Crippen LogP contribution in [-0.2, 0) is 17.6 Å². The van der Waals surface area contributed by atoms with Gasteiger partial charge in [-0.25, -0.2) is 9.18 Å². The number of methoxy groups -OCH3 is 1. The highest BCUT2D eigenvalue weighted by molar-refractivity contribution is 5.82. The topological polar surface area (TPSA) is 68.5 Å². The first kappa shape index (κ1) is 20.6. The number of fused-ring (bicyclic) bond motifs is 1. The van der Waals surface area contributed by atoms with E-state index in [1.54, 1.807) is 37.4 Å². The van der Waals surface area contributed by atoms with E-state index in [4.69, 9.17) is 9.15 Å². The van der Waals surface area contributed by atoms with Crippen LogP contribution in [0.25, 0.3) is 11.0 Å². The molecule has 29 heavy (non-hydrogen) atoms. The predicted molar refractivity (Wildman–Crippen MR) is 110 cm³/mol. The van der Waals surface area contributed by atoms with E-state index in [0.29, 0.717) is 28.9 Å². The molecule has 6 heteroatoms. The molecule has 1 aromatic heterocycles. The SMILES string of the molecule is COc1ccc2c(C)c(CCC(=O)NC(C)Cc3ccccc3F)c(=O)oc2c1. The van der Waals surface area contributed by atoms with E-state index in [2.05, 4.69) is 5.32 Å². The number of hydrogen-bond donors (Lipinski definition) is 1. The van der Waals surface area contributed by atoms with Crippen LogP contribution < -0.4 is 15.7 Å². The monoisotopic (exact) mass is 397 g/mol. The zero-order valence-electron chi connectivity index (χ0n) is 16.8. The smallest absolute Gasteiger partial charge is 0.339 e. The summed E-state index contributed by atoms with van der Waals surface area (Å²) in [7, 11) is 1.55. The number of hydrogen-bond acceptors (Lipinski definition) is 4. The number of benzene rings is 2. The van der Waals surface area contributed by atoms with Crippen LogP contribution in [0, 0.1) is 12.7 Å². The number of aryl methyl sites for hydroxylation is 1. The molecule has 1 unspecified atom stereocenters. The highest BCUT2D eigenvalue weighted by atomic mass is 19.1. The number of ether oxygens (including phenoxy) is 1. The Morgan fingerprint density at radius 2 is 2.00 bits per heavy atom. The molecule has 2 aromatic carbocycles. The highest BCUT2D eigenvalue weighted by Gasteiger charge is 2.15. The minimum atomic E-state index is -0.449. The van der Waals surface area contributed by atoms with E-state index < -0.39 is 5.63 Å². The molecule has 1 amide bonds. The van der Waals surface area contributed by atoms with E-state index in [1.165, 1.54) is 6.07 Å². The van der Waals surface area contributed by atoms with Crippen molar-refractivity contribution in [3.63, 3.8) is 0 Å². The fraction of sp³-hybridized carbons (Fsp3) is 0.304. The van der Waals surface area contributed by atoms with Gasteiger partial charge in [-0.1, -0.05) is 18.2 Å². The van der Waals surface area contributed by atoms with Crippen LogP contribution in [-0.4, -0.2) is 19.1 Å². The molecule has 0 saturated carbocycles. The molecule has 0 fully saturated rings. The molecule has 0 bridgehead atoms. The van der Waals surface area contributed by atoms with Gasteiger partial charge in [-0.3, -0.25) is 4.79 Å². The largest absolute Gasteiger partial charge is 0.497 e. The van der Waals surface area contributed by atoms with Crippen molar-refractivity contribution >= 4 is 16.9 Å². The third-order valence-electron chi connectivity index (χ3n) is 4.99. The molecular formula is C23H24FNO4. The van der Waals surface area contributed by atoms with E-state index >= 15 is 0 Å². The van der Waals surface area contributed by atoms with Gasteiger partial charge < -0.3 is 14.5 Å². The van der Waals surface area contributed by atoms with Gasteiger partial charge in [0.2, 0.25) is 5.91 Å². The van der Waals surface area contributed by atoms with Crippen molar-refractivity contribution < 1.29 is 18.3 Å². The Kier molecular flexibility index (Phi) is 6.32. The minimum absolute atomic E-state index is 0.148. The molecular weight excluding hydrogens is 373 g/mol. The quantitative estimate of drug-likeness (QED) is 0.614. The van der Waals surface area contributed by atoms with Gasteiger partial charge in [-0.05, 0) is 56.0 Å². The number of carbonyl (C=O) groups excluding carboxylic acids is 1. The molecule has 0 radical (unpaired) electrons. The summed E-state index contributed by atoms with van der Waals surface area (Å²) in [5.74, 6) is 0.133. The van der Waals surface area contributed by atoms with Gasteiger partial charge in [0.15, 0.2) is 0 Å². The van der Waals surface area contributed by atoms with Crippen molar-refractivity contribution in [2.75, 3.05) is 7.11 Å². The first-order valence-electron chi connectivity index (χ1n) is 9.52. The van der Waals surface area contributed by atoms with Crippen molar-refractivity contribution in [2.24, 2.45) is 0 Å². The molecule has 1 heterocycles. The molecule has 1 atom stereocenters. The van der Waals surface area contributed by atoms with Crippen LogP contribution in [0.1, 0.15) is 30.0 Å². The average molecular weight is 397 g/mol. The zero-order chi connectivity index (χ0) is 21.0. The first-order valence-corrected chi connectivity index (χ1v) is 9.52. The molecule has 0 aliphatic rings. The minimum Gasteiger partial charge on any atom is -0.497 e. The standard InChI is InChI=1S/C23H24FNO4/c1-14(12-16-6-4-5-7-20(16)24)25-22(26)11-10-19-15(2)18-9-8-17(28-3)13-21(18)29-23(19)27/h4-9,13-14H,10-12H2,1-3H3,(H,25,26). The lowest BCUT2D eigenvalue weighted by Gasteiger charge is -2.15. The maximum absolute atomic E-state index is 13.8. The number of amides is 1. The van der Waals surface area contributed by atoms with Crippen LogP contribution in [0.2, 0.25) is 0 Å². The van der Waals surface area contributed by atoms with Crippen molar-refractivity contribution in [3.8, 4) is 5.75 Å². The number of nitrogens with one attached hydrogen (secondary N) is 1. The summed E-state index contributed by atoms with van der Waals surface area (Å²) in [6, 6.07) is 11.6. The molecule has 0 aliphatic heterocycles. The summed E-state index contributed by atoms with van der Waals surface area (Å²) in [5.41, 5.74) is 1.85. The molecule has 3 rings (SSSR count). The molecule has 3 aromatic rings. The van der Waals surface area contributed by atoms with Crippen LogP contribution in [0.5, 0.6) is 5.75 Å². The predicted octanol–water partition coefficient (Wildman–Crippen LogP) is 3.93. The van der Waals surface area contributed by atoms with E-state index in [-0.39, 0.29) is 30.6 Å². The van der Waals surface area contributed by atoms with Crippen LogP contribution in [0.4, 0.5) is 4.39 Å². The van der Waals surface area contributed by atoms with Crippen molar-refractivity contribution in [1.29, 1.82) is 0 Å². The van der Waals surface area contributed by atoms with E-state index in [9.17, 15) is 14.0 Å². The third-order valence-corrected chi connectivity index (χ3v) is 4.99. The Balaban J connectivity index is 1.66. The second kappa shape index (κ2) is 8.90. The number of carbonyl (C=O) groups is 1. The Morgan fingerprint density at radius 1 is 1.24 bits per heavy atom. The molecule has 1 N–H and O–H groups in total. The van der Waals surface area contributed by atoms with Crippen molar-refractivity contribution in [3.05, 3.63) is 75.4 Å². The van der Waals surface area contributed by atoms with Gasteiger partial charge in [-0.15, -0.1) is 0 Å². The Labute approximate surface area is 168 Å². The van der Waals surface area contributed by atoms with Gasteiger partial charge in [0, 0.05) is 29.5 Å². The van der Waals surface area contributed by atoms with Gasteiger partial charge in [0.1, 0.15) is 17.1 Å². The summed E-state index contributed by atoms with van der Waals surface area (Å²) in [6.45, 7) is 3.67. The molecule has 152 valence electrons. The van der Waals surface area contributed by atoms with Gasteiger partial charge in [0.05, 0.1) is 7.11 Å². The molecule has 0 spiro atoms. The lowest BCUT2D eigenvalue weighted by molar-refractivity contribution is -0.121. The summed E-state index contributed by atoms with van der Waals surface area (Å²) >= 11 is 0. The van der Waals surface area contributed by atoms with Crippen LogP contribution in [0.15, 0.2) is 51.7 Å². The maximum atomic E-state index is 13.8. The zero-order valence-corrected chi connectivity index (χ0v) is 16.8. The van der Waals surface area contributed by atoms with Crippen LogP contribution in [0.3, 0.4) is 0 Å². The molecule has 5 nitrogen and oxygen atoms in total. The van der Waals surface area contributed by atoms with E-state index in [0.717, 1.165) is 10.9 Å². The first-order chi connectivity index (χ1) is 13.9. The summed E-state index contributed by atoms with van der Waals surface area (Å²) in [6.07, 6.45) is 0.820. The van der Waals surface area contributed by atoms with Crippen molar-refractivity contribution in [2.45, 2.75) is 39.2 Å². The normalized spacial score (nSPS) is 12.0. The lowest BCUT2D eigenvalue weighted by Crippen LogP contribution is -2.34. The second-order valence-corrected chi connectivity index (χ2v) is 7.12. The van der Waals surface area contributed by atoms with Crippen LogP contribution >= 0.6 is 0 Å². The Bertz CT molecular complexity index is 1090. The number of rotatable bonds is 7. The third kappa shape index (κ3) is 4.83. The molecule has 0 saturated heterocycles. The van der Waals surface area contributed by atoms with E-state index in [1.807, 2.05) is 19.9 Å². The fourth-order valence-corrected chi connectivity index (χ4v) is 3.42. The Hall–Kier alpha value is -3.15. The summed E-state index contributed by atoms with van der Waals surface area (Å²) < 4.78 is 24.3. The number of halogens is 1. The van der Waals surface area contributed by atoms with Crippen molar-refractivity contribution in [1.82, 2.24) is 5.32 Å². The van der Waals surface area contributed by atoms with Gasteiger partial charge in [0.25, 0.3) is 0 Å². The van der Waals surface area contributed by atoms with Gasteiger partial charge in [-0.2, -0.15) is 0 Å². The average Bonchev–Trinajstić information content (AvgIpc) is 2.69.